The normalized spacial score (nSPS) is 34.4. The second-order valence-corrected chi connectivity index (χ2v) is 7.00. The fourth-order valence-corrected chi connectivity index (χ4v) is 3.98. The molecule has 2 aliphatic heterocycles. The largest absolute Gasteiger partial charge is 0.480 e. The summed E-state index contributed by atoms with van der Waals surface area (Å²) in [6, 6.07) is -0.906. The predicted molar refractivity (Wildman–Crippen MR) is 76.8 cm³/mol. The van der Waals surface area contributed by atoms with Gasteiger partial charge in [0.15, 0.2) is 0 Å². The van der Waals surface area contributed by atoms with E-state index in [1.54, 1.807) is 12.0 Å². The number of carbonyl (C=O) groups excluding carboxylic acids is 1. The molecule has 3 unspecified atom stereocenters. The molecule has 2 fully saturated rings. The van der Waals surface area contributed by atoms with Crippen molar-refractivity contribution in [2.75, 3.05) is 26.0 Å². The summed E-state index contributed by atoms with van der Waals surface area (Å²) in [5, 5.41) is 9.15. The third-order valence-corrected chi connectivity index (χ3v) is 5.37. The number of nitrogens with zero attached hydrogens (tertiary/aromatic N) is 2. The van der Waals surface area contributed by atoms with Crippen molar-refractivity contribution in [3.8, 4) is 0 Å². The van der Waals surface area contributed by atoms with Crippen LogP contribution in [0.3, 0.4) is 0 Å². The van der Waals surface area contributed by atoms with Crippen LogP contribution in [0.1, 0.15) is 26.7 Å². The Hall–Kier alpha value is -0.950. The molecule has 2 aliphatic rings. The van der Waals surface area contributed by atoms with Crippen LogP contribution < -0.4 is 0 Å². The van der Waals surface area contributed by atoms with Gasteiger partial charge in [0.2, 0.25) is 0 Å². The highest BCUT2D eigenvalue weighted by molar-refractivity contribution is 8.00. The molecule has 7 heteroatoms. The topological polar surface area (TPSA) is 70.1 Å². The summed E-state index contributed by atoms with van der Waals surface area (Å²) in [5.41, 5.74) is -0.331. The van der Waals surface area contributed by atoms with E-state index in [9.17, 15) is 14.7 Å². The van der Waals surface area contributed by atoms with Gasteiger partial charge in [-0.05, 0) is 26.7 Å². The number of urea groups is 1. The van der Waals surface area contributed by atoms with E-state index in [4.69, 9.17) is 4.74 Å². The van der Waals surface area contributed by atoms with E-state index in [2.05, 4.69) is 0 Å². The van der Waals surface area contributed by atoms with Gasteiger partial charge in [-0.2, -0.15) is 0 Å². The van der Waals surface area contributed by atoms with Crippen molar-refractivity contribution in [3.05, 3.63) is 0 Å². The Morgan fingerprint density at radius 1 is 1.45 bits per heavy atom. The fourth-order valence-electron chi connectivity index (χ4n) is 2.82. The number of ether oxygens (including phenoxy) is 1. The molecular formula is C13H22N2O4S. The first-order chi connectivity index (χ1) is 9.38. The smallest absolute Gasteiger partial charge is 0.327 e. The molecule has 2 rings (SSSR count). The third-order valence-electron chi connectivity index (χ3n) is 4.15. The van der Waals surface area contributed by atoms with Crippen LogP contribution in [0.15, 0.2) is 0 Å². The van der Waals surface area contributed by atoms with E-state index in [1.165, 1.54) is 16.7 Å². The number of thioether (sulfide) groups is 1. The summed E-state index contributed by atoms with van der Waals surface area (Å²) in [4.78, 5) is 27.1. The molecular weight excluding hydrogens is 280 g/mol. The van der Waals surface area contributed by atoms with Crippen molar-refractivity contribution < 1.29 is 19.4 Å². The molecule has 0 aromatic rings. The second-order valence-electron chi connectivity index (χ2n) is 5.66. The van der Waals surface area contributed by atoms with Crippen LogP contribution in [0, 0.1) is 0 Å². The first-order valence-electron chi connectivity index (χ1n) is 6.85. The molecule has 0 aromatic heterocycles. The van der Waals surface area contributed by atoms with Crippen LogP contribution in [-0.2, 0) is 9.53 Å². The molecule has 1 N–H and O–H groups in total. The summed E-state index contributed by atoms with van der Waals surface area (Å²) in [7, 11) is 1.66. The van der Waals surface area contributed by atoms with E-state index in [0.717, 1.165) is 12.8 Å². The minimum Gasteiger partial charge on any atom is -0.480 e. The monoisotopic (exact) mass is 302 g/mol. The summed E-state index contributed by atoms with van der Waals surface area (Å²) < 4.78 is 5.49. The van der Waals surface area contributed by atoms with E-state index < -0.39 is 12.0 Å². The van der Waals surface area contributed by atoms with Crippen molar-refractivity contribution in [3.63, 3.8) is 0 Å². The Bertz CT molecular complexity index is 406. The molecule has 3 atom stereocenters. The van der Waals surface area contributed by atoms with Gasteiger partial charge in [-0.25, -0.2) is 9.59 Å². The van der Waals surface area contributed by atoms with Crippen LogP contribution in [0.2, 0.25) is 0 Å². The van der Waals surface area contributed by atoms with E-state index in [1.807, 2.05) is 13.8 Å². The lowest BCUT2D eigenvalue weighted by molar-refractivity contribution is -0.141. The van der Waals surface area contributed by atoms with Crippen LogP contribution >= 0.6 is 11.8 Å². The van der Waals surface area contributed by atoms with Gasteiger partial charge in [-0.3, -0.25) is 4.90 Å². The van der Waals surface area contributed by atoms with Crippen LogP contribution in [-0.4, -0.2) is 69.9 Å². The maximum Gasteiger partial charge on any atom is 0.327 e. The number of amides is 2. The maximum absolute atomic E-state index is 12.6. The molecule has 0 aromatic carbocycles. The standard InChI is InChI=1S/C13H22N2O4S/c1-9-15(10(7-20-9)11(16)17)12(18)14-6-4-5-13(2,8-14)19-3/h9-10H,4-8H2,1-3H3,(H,16,17). The quantitative estimate of drug-likeness (QED) is 0.836. The van der Waals surface area contributed by atoms with E-state index >= 15 is 0 Å². The number of carboxylic acid groups (broad SMARTS) is 1. The Balaban J connectivity index is 2.11. The number of hydrogen-bond acceptors (Lipinski definition) is 4. The predicted octanol–water partition coefficient (Wildman–Crippen LogP) is 1.46. The van der Waals surface area contributed by atoms with Crippen molar-refractivity contribution in [2.45, 2.75) is 43.7 Å². The van der Waals surface area contributed by atoms with Gasteiger partial charge in [-0.15, -0.1) is 11.8 Å². The van der Waals surface area contributed by atoms with Gasteiger partial charge < -0.3 is 14.7 Å². The molecule has 2 amide bonds. The number of likely N-dealkylation sites (tertiary alicyclic amines) is 1. The lowest BCUT2D eigenvalue weighted by atomic mass is 9.95. The number of piperidine rings is 1. The molecule has 0 spiro atoms. The summed E-state index contributed by atoms with van der Waals surface area (Å²) >= 11 is 1.51. The Kier molecular flexibility index (Phi) is 4.49. The number of hydrogen-bond donors (Lipinski definition) is 1. The van der Waals surface area contributed by atoms with Crippen molar-refractivity contribution >= 4 is 23.8 Å². The first-order valence-corrected chi connectivity index (χ1v) is 7.89. The summed E-state index contributed by atoms with van der Waals surface area (Å²) in [5.74, 6) is -0.473. The van der Waals surface area contributed by atoms with Crippen molar-refractivity contribution in [1.82, 2.24) is 9.80 Å². The van der Waals surface area contributed by atoms with Gasteiger partial charge in [0.25, 0.3) is 0 Å². The Labute approximate surface area is 123 Å². The summed E-state index contributed by atoms with van der Waals surface area (Å²) in [6.45, 7) is 5.05. The Morgan fingerprint density at radius 3 is 2.75 bits per heavy atom. The zero-order valence-corrected chi connectivity index (χ0v) is 13.0. The number of carbonyl (C=O) groups is 2. The van der Waals surface area contributed by atoms with Gasteiger partial charge in [0, 0.05) is 19.4 Å². The number of rotatable bonds is 2. The average Bonchev–Trinajstić information content (AvgIpc) is 2.80. The van der Waals surface area contributed by atoms with E-state index in [-0.39, 0.29) is 17.0 Å². The Morgan fingerprint density at radius 2 is 2.15 bits per heavy atom. The van der Waals surface area contributed by atoms with Crippen LogP contribution in [0.5, 0.6) is 0 Å². The molecule has 2 heterocycles. The minimum atomic E-state index is -0.929. The van der Waals surface area contributed by atoms with Crippen LogP contribution in [0.25, 0.3) is 0 Å². The first kappa shape index (κ1) is 15.4. The minimum absolute atomic E-state index is 0.0978. The molecule has 0 bridgehead atoms. The number of methoxy groups -OCH3 is 1. The van der Waals surface area contributed by atoms with Gasteiger partial charge in [-0.1, -0.05) is 0 Å². The highest BCUT2D eigenvalue weighted by Crippen LogP contribution is 2.32. The lowest BCUT2D eigenvalue weighted by Gasteiger charge is -2.41. The number of aliphatic carboxylic acids is 1. The highest BCUT2D eigenvalue weighted by atomic mass is 32.2. The van der Waals surface area contributed by atoms with Crippen LogP contribution in [0.4, 0.5) is 4.79 Å². The fraction of sp³-hybridized carbons (Fsp3) is 0.846. The molecule has 2 saturated heterocycles. The van der Waals surface area contributed by atoms with E-state index in [0.29, 0.717) is 18.8 Å². The number of carboxylic acids is 1. The van der Waals surface area contributed by atoms with Gasteiger partial charge in [0.1, 0.15) is 6.04 Å². The molecule has 20 heavy (non-hydrogen) atoms. The molecule has 0 aliphatic carbocycles. The zero-order valence-electron chi connectivity index (χ0n) is 12.2. The molecule has 114 valence electrons. The molecule has 6 nitrogen and oxygen atoms in total. The second kappa shape index (κ2) is 5.81. The third kappa shape index (κ3) is 2.88. The van der Waals surface area contributed by atoms with Gasteiger partial charge >= 0.3 is 12.0 Å². The molecule has 0 radical (unpaired) electrons. The van der Waals surface area contributed by atoms with Crippen molar-refractivity contribution in [1.29, 1.82) is 0 Å². The SMILES string of the molecule is COC1(C)CCCN(C(=O)N2C(C)SCC2C(=O)O)C1. The van der Waals surface area contributed by atoms with Crippen molar-refractivity contribution in [2.24, 2.45) is 0 Å². The highest BCUT2D eigenvalue weighted by Gasteiger charge is 2.43. The maximum atomic E-state index is 12.6. The summed E-state index contributed by atoms with van der Waals surface area (Å²) in [6.07, 6.45) is 1.79. The molecule has 0 saturated carbocycles. The zero-order chi connectivity index (χ0) is 14.9. The average molecular weight is 302 g/mol. The lowest BCUT2D eigenvalue weighted by Crippen LogP contribution is -2.56. The van der Waals surface area contributed by atoms with Gasteiger partial charge in [0.05, 0.1) is 17.5 Å².